The predicted molar refractivity (Wildman–Crippen MR) is 147 cm³/mol. The summed E-state index contributed by atoms with van der Waals surface area (Å²) in [5, 5.41) is 3.71. The van der Waals surface area contributed by atoms with Crippen LogP contribution in [-0.4, -0.2) is 61.7 Å². The minimum atomic E-state index is -2.60. The number of carbonyl (C=O) groups excluding carboxylic acids is 2. The summed E-state index contributed by atoms with van der Waals surface area (Å²) in [7, 11) is 0. The highest BCUT2D eigenvalue weighted by Gasteiger charge is 2.25. The fourth-order valence-electron chi connectivity index (χ4n) is 4.43. The molecule has 38 heavy (non-hydrogen) atoms. The van der Waals surface area contributed by atoms with Gasteiger partial charge in [0.15, 0.2) is 0 Å². The molecule has 1 aromatic heterocycles. The second-order valence-corrected chi connectivity index (χ2v) is 9.79. The van der Waals surface area contributed by atoms with Gasteiger partial charge in [-0.2, -0.15) is 0 Å². The zero-order valence-electron chi connectivity index (χ0n) is 20.7. The molecule has 1 atom stereocenters. The Balaban J connectivity index is 1.25. The van der Waals surface area contributed by atoms with Crippen molar-refractivity contribution in [2.24, 2.45) is 0 Å². The highest BCUT2D eigenvalue weighted by molar-refractivity contribution is 7.81. The molecule has 0 spiro atoms. The Morgan fingerprint density at radius 2 is 1.55 bits per heavy atom. The Kier molecular flexibility index (Phi) is 7.34. The van der Waals surface area contributed by atoms with Gasteiger partial charge in [-0.1, -0.05) is 35.9 Å². The third-order valence-corrected chi connectivity index (χ3v) is 7.19. The maximum absolute atomic E-state index is 13.1. The lowest BCUT2D eigenvalue weighted by Gasteiger charge is -2.35. The van der Waals surface area contributed by atoms with E-state index >= 15 is 0 Å². The van der Waals surface area contributed by atoms with Crippen LogP contribution >= 0.6 is 0 Å². The van der Waals surface area contributed by atoms with E-state index in [4.69, 9.17) is 0 Å². The molecule has 1 aliphatic rings. The van der Waals surface area contributed by atoms with Gasteiger partial charge in [-0.3, -0.25) is 18.3 Å². The second kappa shape index (κ2) is 11.0. The molecular formula is C28H26N5O4S-. The monoisotopic (exact) mass is 528 g/mol. The van der Waals surface area contributed by atoms with Crippen LogP contribution in [0.3, 0.4) is 0 Å². The zero-order chi connectivity index (χ0) is 26.6. The molecule has 1 fully saturated rings. The highest BCUT2D eigenvalue weighted by Crippen LogP contribution is 2.32. The first-order valence-electron chi connectivity index (χ1n) is 12.2. The Hall–Kier alpha value is -4.28. The number of anilines is 3. The average Bonchev–Trinajstić information content (AvgIpc) is 2.94. The molecule has 5 rings (SSSR count). The maximum Gasteiger partial charge on any atom is 0.321 e. The fourth-order valence-corrected chi connectivity index (χ4v) is 5.03. The largest absolute Gasteiger partial charge is 0.755 e. The Bertz CT molecular complexity index is 1480. The lowest BCUT2D eigenvalue weighted by Crippen LogP contribution is -2.51. The van der Waals surface area contributed by atoms with Crippen LogP contribution < -0.4 is 9.62 Å². The van der Waals surface area contributed by atoms with Crippen LogP contribution in [0, 0.1) is 6.92 Å². The number of fused-ring (bicyclic) bond motifs is 1. The van der Waals surface area contributed by atoms with E-state index in [-0.39, 0.29) is 11.9 Å². The first-order chi connectivity index (χ1) is 18.4. The minimum absolute atomic E-state index is 0.170. The molecule has 10 heteroatoms. The van der Waals surface area contributed by atoms with Gasteiger partial charge in [0.25, 0.3) is 5.91 Å². The predicted octanol–water partition coefficient (Wildman–Crippen LogP) is 4.47. The van der Waals surface area contributed by atoms with Gasteiger partial charge in [-0.25, -0.2) is 4.79 Å². The molecule has 1 unspecified atom stereocenters. The van der Waals surface area contributed by atoms with Gasteiger partial charge < -0.3 is 19.7 Å². The van der Waals surface area contributed by atoms with Crippen LogP contribution in [0.5, 0.6) is 0 Å². The summed E-state index contributed by atoms with van der Waals surface area (Å²) in [6.45, 7) is 3.62. The molecule has 0 radical (unpaired) electrons. The van der Waals surface area contributed by atoms with Crippen LogP contribution in [-0.2, 0) is 11.3 Å². The van der Waals surface area contributed by atoms with Crippen molar-refractivity contribution >= 4 is 51.2 Å². The molecule has 0 aliphatic carbocycles. The molecular weight excluding hydrogens is 502 g/mol. The maximum atomic E-state index is 13.1. The molecule has 1 N–H and O–H groups in total. The highest BCUT2D eigenvalue weighted by atomic mass is 32.2. The summed E-state index contributed by atoms with van der Waals surface area (Å²) >= 11 is -2.60. The van der Waals surface area contributed by atoms with E-state index in [0.29, 0.717) is 48.6 Å². The van der Waals surface area contributed by atoms with E-state index in [0.717, 1.165) is 20.9 Å². The van der Waals surface area contributed by atoms with Crippen LogP contribution in [0.25, 0.3) is 10.9 Å². The molecule has 2 heterocycles. The van der Waals surface area contributed by atoms with Crippen molar-refractivity contribution in [1.82, 2.24) is 14.8 Å². The summed E-state index contributed by atoms with van der Waals surface area (Å²) in [6.07, 6.45) is 1.62. The number of aromatic nitrogens is 1. The summed E-state index contributed by atoms with van der Waals surface area (Å²) < 4.78 is 25.6. The normalized spacial score (nSPS) is 14.3. The van der Waals surface area contributed by atoms with E-state index in [9.17, 15) is 18.4 Å². The number of urea groups is 1. The van der Waals surface area contributed by atoms with Crippen LogP contribution in [0.15, 0.2) is 85.1 Å². The van der Waals surface area contributed by atoms with E-state index < -0.39 is 11.3 Å². The van der Waals surface area contributed by atoms with Crippen molar-refractivity contribution in [3.05, 3.63) is 96.2 Å². The van der Waals surface area contributed by atoms with E-state index in [1.54, 1.807) is 58.5 Å². The van der Waals surface area contributed by atoms with Gasteiger partial charge in [-0.15, -0.1) is 0 Å². The Labute approximate surface area is 223 Å². The number of para-hydroxylation sites is 1. The Morgan fingerprint density at radius 3 is 2.24 bits per heavy atom. The van der Waals surface area contributed by atoms with Gasteiger partial charge in [0.2, 0.25) is 0 Å². The number of aryl methyl sites for hydroxylation is 1. The van der Waals surface area contributed by atoms with Crippen molar-refractivity contribution in [1.29, 1.82) is 0 Å². The fraction of sp³-hybridized carbons (Fsp3) is 0.179. The molecule has 1 aliphatic heterocycles. The quantitative estimate of drug-likeness (QED) is 0.385. The van der Waals surface area contributed by atoms with E-state index in [1.807, 2.05) is 43.3 Å². The first kappa shape index (κ1) is 25.4. The zero-order valence-corrected chi connectivity index (χ0v) is 21.6. The number of nitrogens with zero attached hydrogens (tertiary/aromatic N) is 4. The smallest absolute Gasteiger partial charge is 0.321 e. The van der Waals surface area contributed by atoms with Crippen LogP contribution in [0.4, 0.5) is 21.9 Å². The van der Waals surface area contributed by atoms with E-state index in [1.165, 1.54) is 0 Å². The van der Waals surface area contributed by atoms with Gasteiger partial charge in [-0.05, 0) is 55.5 Å². The number of rotatable bonds is 5. The summed E-state index contributed by atoms with van der Waals surface area (Å²) in [5.74, 6) is -0.170. The Morgan fingerprint density at radius 1 is 0.895 bits per heavy atom. The molecule has 0 saturated carbocycles. The molecule has 3 amide bonds. The summed E-state index contributed by atoms with van der Waals surface area (Å²) in [4.78, 5) is 33.5. The number of benzene rings is 3. The number of hydrogen-bond acceptors (Lipinski definition) is 5. The summed E-state index contributed by atoms with van der Waals surface area (Å²) in [5.41, 5.74) is 3.66. The molecule has 9 nitrogen and oxygen atoms in total. The van der Waals surface area contributed by atoms with Gasteiger partial charge in [0.1, 0.15) is 0 Å². The molecule has 4 aromatic rings. The number of pyridine rings is 1. The molecule has 194 valence electrons. The van der Waals surface area contributed by atoms with Crippen molar-refractivity contribution < 1.29 is 18.4 Å². The molecule has 1 saturated heterocycles. The van der Waals surface area contributed by atoms with Crippen LogP contribution in [0.1, 0.15) is 15.9 Å². The molecule has 0 bridgehead atoms. The van der Waals surface area contributed by atoms with Gasteiger partial charge in [0.05, 0.1) is 28.2 Å². The van der Waals surface area contributed by atoms with Crippen molar-refractivity contribution in [2.75, 3.05) is 35.8 Å². The lowest BCUT2D eigenvalue weighted by molar-refractivity contribution is 0.0671. The van der Waals surface area contributed by atoms with Crippen molar-refractivity contribution in [3.63, 3.8) is 0 Å². The number of amides is 3. The minimum Gasteiger partial charge on any atom is -0.755 e. The van der Waals surface area contributed by atoms with E-state index in [2.05, 4.69) is 10.3 Å². The first-order valence-corrected chi connectivity index (χ1v) is 13.2. The number of nitrogens with one attached hydrogen (secondary N) is 1. The SMILES string of the molecule is Cc1ccc(NC(=O)N2CCN(C(=O)c3ccc(N(c4cccc5cccnc45)S(=O)[O-])cc3)CC2)cc1. The lowest BCUT2D eigenvalue weighted by atomic mass is 10.1. The molecule has 3 aromatic carbocycles. The average molecular weight is 529 g/mol. The van der Waals surface area contributed by atoms with Crippen molar-refractivity contribution in [2.45, 2.75) is 6.92 Å². The topological polar surface area (TPSA) is 109 Å². The third kappa shape index (κ3) is 5.36. The number of carbonyl (C=O) groups is 2. The van der Waals surface area contributed by atoms with Crippen LogP contribution in [0.2, 0.25) is 0 Å². The van der Waals surface area contributed by atoms with Gasteiger partial charge in [0, 0.05) is 49.0 Å². The van der Waals surface area contributed by atoms with Crippen molar-refractivity contribution in [3.8, 4) is 0 Å². The second-order valence-electron chi connectivity index (χ2n) is 8.99. The summed E-state index contributed by atoms with van der Waals surface area (Å²) in [6, 6.07) is 22.8. The third-order valence-electron chi connectivity index (χ3n) is 6.48. The van der Waals surface area contributed by atoms with Gasteiger partial charge >= 0.3 is 6.03 Å². The number of piperazine rings is 1. The number of hydrogen-bond donors (Lipinski definition) is 1. The standard InChI is InChI=1S/C28H27N5O4S/c1-20-7-11-23(12-8-20)30-28(35)32-18-16-31(17-19-32)27(34)22-9-13-24(14-10-22)33(38(36)37)25-6-2-4-21-5-3-15-29-26(21)25/h2-15H,16-19H2,1H3,(H,30,35)(H,36,37)/p-1.